The zero-order valence-corrected chi connectivity index (χ0v) is 31.4. The van der Waals surface area contributed by atoms with E-state index in [0.717, 1.165) is 30.9 Å². The van der Waals surface area contributed by atoms with Crippen molar-refractivity contribution in [3.63, 3.8) is 0 Å². The summed E-state index contributed by atoms with van der Waals surface area (Å²) < 4.78 is 61.1. The van der Waals surface area contributed by atoms with Gasteiger partial charge in [0.25, 0.3) is 11.8 Å². The summed E-state index contributed by atoms with van der Waals surface area (Å²) in [7, 11) is 0. The molecule has 3 aromatic carbocycles. The van der Waals surface area contributed by atoms with Crippen molar-refractivity contribution in [1.29, 1.82) is 0 Å². The van der Waals surface area contributed by atoms with E-state index in [1.165, 1.54) is 24.4 Å². The normalized spacial score (nSPS) is 11.8. The maximum atomic E-state index is 13.6. The third kappa shape index (κ3) is 13.5. The van der Waals surface area contributed by atoms with Crippen LogP contribution in [0.15, 0.2) is 85.1 Å². The zero-order chi connectivity index (χ0) is 40.3. The molecule has 0 bridgehead atoms. The van der Waals surface area contributed by atoms with Crippen molar-refractivity contribution in [2.75, 3.05) is 76.2 Å². The van der Waals surface area contributed by atoms with Gasteiger partial charge in [-0.2, -0.15) is 13.2 Å². The molecule has 0 aliphatic rings. The Bertz CT molecular complexity index is 1910. The Kier molecular flexibility index (Phi) is 17.3. The van der Waals surface area contributed by atoms with Crippen LogP contribution in [0.4, 0.5) is 24.5 Å². The summed E-state index contributed by atoms with van der Waals surface area (Å²) in [6.07, 6.45) is 1.07. The van der Waals surface area contributed by atoms with Crippen LogP contribution < -0.4 is 15.5 Å². The molecule has 4 rings (SSSR count). The first kappa shape index (κ1) is 43.4. The minimum Gasteiger partial charge on any atom is -0.386 e. The molecule has 0 aliphatic carbocycles. The minimum absolute atomic E-state index is 0.00997. The molecule has 1 aromatic heterocycles. The first-order valence-corrected chi connectivity index (χ1v) is 18.2. The van der Waals surface area contributed by atoms with Gasteiger partial charge in [0, 0.05) is 48.2 Å². The molecule has 56 heavy (non-hydrogen) atoms. The van der Waals surface area contributed by atoms with E-state index in [1.807, 2.05) is 26.0 Å². The average Bonchev–Trinajstić information content (AvgIpc) is 3.21. The molecule has 1 atom stereocenters. The van der Waals surface area contributed by atoms with Gasteiger partial charge in [0.05, 0.1) is 63.2 Å². The number of terminal acetylenes is 1. The Balaban J connectivity index is 1.40. The van der Waals surface area contributed by atoms with E-state index in [4.69, 9.17) is 25.4 Å². The van der Waals surface area contributed by atoms with E-state index in [-0.39, 0.29) is 31.9 Å². The molecule has 1 heterocycles. The van der Waals surface area contributed by atoms with E-state index in [9.17, 15) is 27.9 Å². The summed E-state index contributed by atoms with van der Waals surface area (Å²) >= 11 is 0. The minimum atomic E-state index is -4.50. The molecule has 2 amide bonds. The number of alkyl halides is 3. The third-order valence-electron chi connectivity index (χ3n) is 8.50. The fraction of sp³-hybridized carbons (Fsp3) is 0.357. The second-order valence-electron chi connectivity index (χ2n) is 12.4. The predicted molar refractivity (Wildman–Crippen MR) is 207 cm³/mol. The monoisotopic (exact) mass is 776 g/mol. The Morgan fingerprint density at radius 3 is 2.21 bits per heavy atom. The second kappa shape index (κ2) is 22.3. The van der Waals surface area contributed by atoms with E-state index in [2.05, 4.69) is 26.4 Å². The summed E-state index contributed by atoms with van der Waals surface area (Å²) in [5.74, 6) is 1.43. The molecule has 14 heteroatoms. The van der Waals surface area contributed by atoms with Gasteiger partial charge in [0.2, 0.25) is 0 Å². The van der Waals surface area contributed by atoms with Crippen LogP contribution in [-0.2, 0) is 31.7 Å². The Morgan fingerprint density at radius 1 is 0.839 bits per heavy atom. The topological polar surface area (TPSA) is 131 Å². The van der Waals surface area contributed by atoms with Crippen molar-refractivity contribution in [3.05, 3.63) is 113 Å². The van der Waals surface area contributed by atoms with Crippen LogP contribution in [0.5, 0.6) is 0 Å². The summed E-state index contributed by atoms with van der Waals surface area (Å²) in [6.45, 7) is 7.76. The van der Waals surface area contributed by atoms with Crippen molar-refractivity contribution in [2.24, 2.45) is 0 Å². The Hall–Kier alpha value is -5.30. The highest BCUT2D eigenvalue weighted by Gasteiger charge is 2.30. The number of nitrogens with one attached hydrogen (secondary N) is 2. The highest BCUT2D eigenvalue weighted by atomic mass is 19.4. The number of nitrogens with zero attached hydrogens (tertiary/aromatic N) is 2. The standard InChI is InChI=1S/C42H47F3N4O7/c1-4-17-53-18-19-54-20-21-55-22-23-56-29-39(50)31-10-8-11-32(25-31)41(52)48-37-14-13-35(49(5-2)6-3)27-36(37)38-26-33(15-16-46-38)40(51)47-28-30-9-7-12-34(24-30)42(43,44)45/h1,7-16,24-27,39,50H,5-6,17-23,28-29H2,2-3H3,(H,47,51)(H,48,52). The number of rotatable bonds is 22. The maximum absolute atomic E-state index is 13.6. The summed E-state index contributed by atoms with van der Waals surface area (Å²) in [5.41, 5.74) is 2.75. The summed E-state index contributed by atoms with van der Waals surface area (Å²) in [4.78, 5) is 33.4. The van der Waals surface area contributed by atoms with Crippen LogP contribution >= 0.6 is 0 Å². The van der Waals surface area contributed by atoms with Crippen LogP contribution in [0.25, 0.3) is 11.3 Å². The molecule has 298 valence electrons. The fourth-order valence-corrected chi connectivity index (χ4v) is 5.56. The van der Waals surface area contributed by atoms with Gasteiger partial charge < -0.3 is 39.6 Å². The molecule has 0 saturated heterocycles. The number of carbonyl (C=O) groups excluding carboxylic acids is 2. The average molecular weight is 777 g/mol. The van der Waals surface area contributed by atoms with E-state index >= 15 is 0 Å². The Morgan fingerprint density at radius 2 is 1.52 bits per heavy atom. The van der Waals surface area contributed by atoms with Crippen molar-refractivity contribution < 1.29 is 46.8 Å². The quantitative estimate of drug-likeness (QED) is 0.0603. The number of hydrogen-bond donors (Lipinski definition) is 3. The number of hydrogen-bond acceptors (Lipinski definition) is 9. The molecule has 0 aliphatic heterocycles. The van der Waals surface area contributed by atoms with Crippen LogP contribution in [0.1, 0.15) is 57.4 Å². The molecular weight excluding hydrogens is 729 g/mol. The number of pyridine rings is 1. The second-order valence-corrected chi connectivity index (χ2v) is 12.4. The van der Waals surface area contributed by atoms with Crippen LogP contribution in [0.3, 0.4) is 0 Å². The molecule has 0 saturated carbocycles. The molecule has 3 N–H and O–H groups in total. The smallest absolute Gasteiger partial charge is 0.386 e. The number of anilines is 2. The number of amides is 2. The number of benzene rings is 3. The maximum Gasteiger partial charge on any atom is 0.416 e. The number of ether oxygens (including phenoxy) is 4. The number of halogens is 3. The molecule has 1 unspecified atom stereocenters. The van der Waals surface area contributed by atoms with Gasteiger partial charge in [0.15, 0.2) is 0 Å². The summed E-state index contributed by atoms with van der Waals surface area (Å²) in [6, 6.07) is 19.9. The largest absolute Gasteiger partial charge is 0.416 e. The number of aliphatic hydroxyl groups excluding tert-OH is 1. The zero-order valence-electron chi connectivity index (χ0n) is 31.4. The van der Waals surface area contributed by atoms with Crippen molar-refractivity contribution in [1.82, 2.24) is 10.3 Å². The van der Waals surface area contributed by atoms with E-state index < -0.39 is 29.7 Å². The van der Waals surface area contributed by atoms with E-state index in [1.54, 1.807) is 36.4 Å². The predicted octanol–water partition coefficient (Wildman–Crippen LogP) is 6.53. The first-order chi connectivity index (χ1) is 27.0. The van der Waals surface area contributed by atoms with Gasteiger partial charge in [-0.05, 0) is 79.6 Å². The molecule has 4 aromatic rings. The first-order valence-electron chi connectivity index (χ1n) is 18.2. The molecule has 0 fully saturated rings. The van der Waals surface area contributed by atoms with Gasteiger partial charge in [-0.25, -0.2) is 0 Å². The van der Waals surface area contributed by atoms with Crippen LogP contribution in [0.2, 0.25) is 0 Å². The SMILES string of the molecule is C#CCOCCOCCOCCOCC(O)c1cccc(C(=O)Nc2ccc(N(CC)CC)cc2-c2cc(C(=O)NCc3cccc(C(F)(F)F)c3)ccn2)c1. The van der Waals surface area contributed by atoms with E-state index in [0.29, 0.717) is 66.7 Å². The van der Waals surface area contributed by atoms with Gasteiger partial charge in [-0.3, -0.25) is 14.6 Å². The number of aromatic nitrogens is 1. The molecule has 11 nitrogen and oxygen atoms in total. The highest BCUT2D eigenvalue weighted by molar-refractivity contribution is 6.06. The van der Waals surface area contributed by atoms with Gasteiger partial charge in [-0.15, -0.1) is 6.42 Å². The third-order valence-corrected chi connectivity index (χ3v) is 8.50. The van der Waals surface area contributed by atoms with Crippen molar-refractivity contribution in [3.8, 4) is 23.6 Å². The summed E-state index contributed by atoms with van der Waals surface area (Å²) in [5, 5.41) is 16.4. The van der Waals surface area contributed by atoms with Crippen LogP contribution in [-0.4, -0.2) is 87.8 Å². The van der Waals surface area contributed by atoms with Crippen molar-refractivity contribution in [2.45, 2.75) is 32.7 Å². The van der Waals surface area contributed by atoms with Gasteiger partial charge >= 0.3 is 6.18 Å². The number of aliphatic hydroxyl groups is 1. The molecular formula is C42H47F3N4O7. The lowest BCUT2D eigenvalue weighted by molar-refractivity contribution is -0.137. The number of carbonyl (C=O) groups is 2. The molecule has 0 spiro atoms. The fourth-order valence-electron chi connectivity index (χ4n) is 5.56. The molecule has 0 radical (unpaired) electrons. The lowest BCUT2D eigenvalue weighted by Gasteiger charge is -2.23. The Labute approximate surface area is 325 Å². The van der Waals surface area contributed by atoms with Gasteiger partial charge in [0.1, 0.15) is 12.7 Å². The highest BCUT2D eigenvalue weighted by Crippen LogP contribution is 2.33. The van der Waals surface area contributed by atoms with Crippen molar-refractivity contribution >= 4 is 23.2 Å². The van der Waals surface area contributed by atoms with Crippen LogP contribution in [0, 0.1) is 12.3 Å². The van der Waals surface area contributed by atoms with Gasteiger partial charge in [-0.1, -0.05) is 30.2 Å². The lowest BCUT2D eigenvalue weighted by Crippen LogP contribution is -2.23. The lowest BCUT2D eigenvalue weighted by atomic mass is 10.0.